The van der Waals surface area contributed by atoms with Gasteiger partial charge in [0.15, 0.2) is 5.82 Å². The van der Waals surface area contributed by atoms with Crippen molar-refractivity contribution in [1.82, 2.24) is 20.1 Å². The summed E-state index contributed by atoms with van der Waals surface area (Å²) in [5.74, 6) is 0.534. The molecule has 2 saturated carbocycles. The molecule has 2 aromatic heterocycles. The number of aliphatic hydroxyl groups excluding tert-OH is 1. The van der Waals surface area contributed by atoms with Crippen LogP contribution < -0.4 is 5.32 Å². The second kappa shape index (κ2) is 9.35. The van der Waals surface area contributed by atoms with Crippen LogP contribution in [0.5, 0.6) is 0 Å². The Balaban J connectivity index is 1.34. The number of aryl methyl sites for hydroxylation is 1. The van der Waals surface area contributed by atoms with E-state index in [1.54, 1.807) is 11.1 Å². The number of aromatic nitrogens is 3. The van der Waals surface area contributed by atoms with E-state index in [4.69, 9.17) is 0 Å². The number of thiazole rings is 1. The maximum absolute atomic E-state index is 12.3. The number of nitrogens with one attached hydrogen (secondary N) is 2. The molecule has 2 heterocycles. The van der Waals surface area contributed by atoms with Gasteiger partial charge in [0, 0.05) is 40.8 Å². The zero-order chi connectivity index (χ0) is 22.0. The molecule has 10 heteroatoms. The van der Waals surface area contributed by atoms with Crippen LogP contribution in [0.3, 0.4) is 0 Å². The van der Waals surface area contributed by atoms with Crippen molar-refractivity contribution in [3.8, 4) is 0 Å². The molecule has 2 aliphatic carbocycles. The van der Waals surface area contributed by atoms with Gasteiger partial charge < -0.3 is 20.4 Å². The molecule has 4 rings (SSSR count). The first-order chi connectivity index (χ1) is 14.9. The van der Waals surface area contributed by atoms with Crippen LogP contribution in [-0.4, -0.2) is 60.5 Å². The number of nitrogens with zero attached hydrogens (tertiary/aromatic N) is 3. The Kier molecular flexibility index (Phi) is 6.57. The summed E-state index contributed by atoms with van der Waals surface area (Å²) in [4.78, 5) is 30.9. The van der Waals surface area contributed by atoms with Crippen molar-refractivity contribution in [3.05, 3.63) is 27.8 Å². The fourth-order valence-corrected chi connectivity index (χ4v) is 5.68. The Morgan fingerprint density at radius 3 is 2.65 bits per heavy atom. The number of hydrogen-bond donors (Lipinski definition) is 4. The van der Waals surface area contributed by atoms with Crippen LogP contribution in [0.4, 0.5) is 10.6 Å². The molecule has 2 aromatic rings. The number of aliphatic hydroxyl groups is 1. The average molecular weight is 448 g/mol. The summed E-state index contributed by atoms with van der Waals surface area (Å²) < 4.78 is 0. The Morgan fingerprint density at radius 2 is 1.97 bits per heavy atom. The predicted octanol–water partition coefficient (Wildman–Crippen LogP) is 3.28. The minimum Gasteiger partial charge on any atom is -0.465 e. The van der Waals surface area contributed by atoms with E-state index in [-0.39, 0.29) is 36.4 Å². The highest BCUT2D eigenvalue weighted by atomic mass is 32.1. The third kappa shape index (κ3) is 5.24. The van der Waals surface area contributed by atoms with Gasteiger partial charge >= 0.3 is 6.09 Å². The topological polar surface area (TPSA) is 131 Å². The number of carbonyl (C=O) groups is 2. The minimum atomic E-state index is -0.872. The van der Waals surface area contributed by atoms with E-state index in [0.717, 1.165) is 34.8 Å². The van der Waals surface area contributed by atoms with Crippen molar-refractivity contribution < 1.29 is 19.8 Å². The van der Waals surface area contributed by atoms with E-state index in [1.165, 1.54) is 11.3 Å². The van der Waals surface area contributed by atoms with Crippen LogP contribution >= 0.6 is 11.3 Å². The van der Waals surface area contributed by atoms with Crippen LogP contribution in [-0.2, 0) is 11.2 Å². The summed E-state index contributed by atoms with van der Waals surface area (Å²) in [5, 5.41) is 30.6. The van der Waals surface area contributed by atoms with Crippen LogP contribution in [0.25, 0.3) is 0 Å². The Bertz CT molecular complexity index is 921. The summed E-state index contributed by atoms with van der Waals surface area (Å²) in [6.45, 7) is 1.91. The first-order valence-corrected chi connectivity index (χ1v) is 11.7. The lowest BCUT2D eigenvalue weighted by atomic mass is 9.91. The number of hydrogen-bond acceptors (Lipinski definition) is 6. The van der Waals surface area contributed by atoms with E-state index < -0.39 is 6.09 Å². The molecule has 0 radical (unpaired) electrons. The summed E-state index contributed by atoms with van der Waals surface area (Å²) in [7, 11) is 0. The van der Waals surface area contributed by atoms with E-state index in [2.05, 4.69) is 20.5 Å². The zero-order valence-corrected chi connectivity index (χ0v) is 18.4. The predicted molar refractivity (Wildman–Crippen MR) is 116 cm³/mol. The molecule has 2 atom stereocenters. The monoisotopic (exact) mass is 447 g/mol. The normalized spacial score (nSPS) is 26.0. The number of rotatable bonds is 6. The van der Waals surface area contributed by atoms with Gasteiger partial charge in [0.05, 0.1) is 17.5 Å². The summed E-state index contributed by atoms with van der Waals surface area (Å²) >= 11 is 1.50. The molecule has 31 heavy (non-hydrogen) atoms. The molecule has 0 bridgehead atoms. The molecule has 9 nitrogen and oxygen atoms in total. The molecular formula is C21H29N5O4S. The van der Waals surface area contributed by atoms with E-state index in [0.29, 0.717) is 31.5 Å². The smallest absolute Gasteiger partial charge is 0.407 e. The zero-order valence-electron chi connectivity index (χ0n) is 17.6. The molecule has 2 amide bonds. The van der Waals surface area contributed by atoms with Gasteiger partial charge in [-0.25, -0.2) is 9.78 Å². The standard InChI is InChI=1S/C21H29N5O4S/c1-12-22-11-17(31-12)9-20(28)23-19-10-18(24-25-19)13-2-3-15(8-13)26(21(29)30)14-4-6-16(27)7-5-14/h10-11,13-16,27H,2-9H2,1H3,(H,29,30)(H2,23,24,25,28)/t13-,14-,15+,16+/m1/s1. The lowest BCUT2D eigenvalue weighted by Crippen LogP contribution is -2.47. The Morgan fingerprint density at radius 1 is 1.23 bits per heavy atom. The van der Waals surface area contributed by atoms with Crippen LogP contribution in [0.15, 0.2) is 12.3 Å². The second-order valence-electron chi connectivity index (χ2n) is 8.60. The third-order valence-corrected chi connectivity index (χ3v) is 7.30. The lowest BCUT2D eigenvalue weighted by Gasteiger charge is -2.37. The van der Waals surface area contributed by atoms with Gasteiger partial charge in [-0.1, -0.05) is 0 Å². The highest BCUT2D eigenvalue weighted by Gasteiger charge is 2.38. The van der Waals surface area contributed by atoms with Crippen molar-refractivity contribution in [2.24, 2.45) is 0 Å². The molecule has 0 aliphatic heterocycles. The van der Waals surface area contributed by atoms with Gasteiger partial charge in [-0.3, -0.25) is 9.89 Å². The fraction of sp³-hybridized carbons (Fsp3) is 0.619. The molecule has 168 valence electrons. The number of anilines is 1. The molecule has 0 spiro atoms. The first-order valence-electron chi connectivity index (χ1n) is 10.8. The Labute approximate surface area is 184 Å². The van der Waals surface area contributed by atoms with Crippen molar-refractivity contribution in [1.29, 1.82) is 0 Å². The minimum absolute atomic E-state index is 0.0170. The van der Waals surface area contributed by atoms with Gasteiger partial charge in [-0.05, 0) is 51.9 Å². The maximum Gasteiger partial charge on any atom is 0.407 e. The number of amides is 2. The second-order valence-corrected chi connectivity index (χ2v) is 9.91. The third-order valence-electron chi connectivity index (χ3n) is 6.39. The SMILES string of the molecule is Cc1ncc(CC(=O)Nc2cc([C@@H]3CC[C@H](N(C(=O)O)[C@H]4CC[C@@H](O)CC4)C3)[nH]n2)s1. The maximum atomic E-state index is 12.3. The molecule has 0 saturated heterocycles. The number of carbonyl (C=O) groups excluding carboxylic acids is 1. The van der Waals surface area contributed by atoms with Gasteiger partial charge in [-0.15, -0.1) is 11.3 Å². The summed E-state index contributed by atoms with van der Waals surface area (Å²) in [5.41, 5.74) is 0.927. The van der Waals surface area contributed by atoms with Crippen molar-refractivity contribution >= 4 is 29.2 Å². The van der Waals surface area contributed by atoms with E-state index >= 15 is 0 Å². The fourth-order valence-electron chi connectivity index (χ4n) is 4.88. The van der Waals surface area contributed by atoms with Crippen molar-refractivity contribution in [2.45, 2.75) is 82.4 Å². The highest BCUT2D eigenvalue weighted by molar-refractivity contribution is 7.11. The Hall–Kier alpha value is -2.46. The number of aromatic amines is 1. The van der Waals surface area contributed by atoms with Gasteiger partial charge in [0.2, 0.25) is 5.91 Å². The van der Waals surface area contributed by atoms with Crippen molar-refractivity contribution in [3.63, 3.8) is 0 Å². The highest BCUT2D eigenvalue weighted by Crippen LogP contribution is 2.39. The van der Waals surface area contributed by atoms with Gasteiger partial charge in [0.1, 0.15) is 0 Å². The molecule has 0 aromatic carbocycles. The molecule has 0 unspecified atom stereocenters. The van der Waals surface area contributed by atoms with E-state index in [9.17, 15) is 19.8 Å². The van der Waals surface area contributed by atoms with Crippen LogP contribution in [0.1, 0.15) is 66.4 Å². The number of H-pyrrole nitrogens is 1. The average Bonchev–Trinajstić information content (AvgIpc) is 3.45. The molecule has 2 fully saturated rings. The van der Waals surface area contributed by atoms with Crippen LogP contribution in [0, 0.1) is 6.92 Å². The van der Waals surface area contributed by atoms with Crippen molar-refractivity contribution in [2.75, 3.05) is 5.32 Å². The summed E-state index contributed by atoms with van der Waals surface area (Å²) in [6.07, 6.45) is 5.98. The van der Waals surface area contributed by atoms with Gasteiger partial charge in [0.25, 0.3) is 0 Å². The summed E-state index contributed by atoms with van der Waals surface area (Å²) in [6, 6.07) is 1.81. The lowest BCUT2D eigenvalue weighted by molar-refractivity contribution is -0.115. The number of carboxylic acid groups (broad SMARTS) is 1. The molecular weight excluding hydrogens is 418 g/mol. The first kappa shape index (κ1) is 21.8. The quantitative estimate of drug-likeness (QED) is 0.537. The molecule has 4 N–H and O–H groups in total. The van der Waals surface area contributed by atoms with E-state index in [1.807, 2.05) is 13.0 Å². The largest absolute Gasteiger partial charge is 0.465 e. The van der Waals surface area contributed by atoms with Crippen LogP contribution in [0.2, 0.25) is 0 Å². The molecule has 2 aliphatic rings. The van der Waals surface area contributed by atoms with Gasteiger partial charge in [-0.2, -0.15) is 5.10 Å².